The average molecular weight is 329 g/mol. The second kappa shape index (κ2) is 8.41. The number of guanidine groups is 1. The van der Waals surface area contributed by atoms with Crippen molar-refractivity contribution in [1.82, 2.24) is 15.5 Å². The summed E-state index contributed by atoms with van der Waals surface area (Å²) in [6, 6.07) is 0.975. The number of nitrogens with one attached hydrogen (secondary N) is 2. The smallest absolute Gasteiger partial charge is 0.191 e. The van der Waals surface area contributed by atoms with Crippen LogP contribution in [-0.4, -0.2) is 73.3 Å². The van der Waals surface area contributed by atoms with Gasteiger partial charge >= 0.3 is 0 Å². The van der Waals surface area contributed by atoms with Crippen LogP contribution in [0.2, 0.25) is 0 Å². The summed E-state index contributed by atoms with van der Waals surface area (Å²) < 4.78 is 5.88. The summed E-state index contributed by atoms with van der Waals surface area (Å²) in [6.45, 7) is 11.5. The normalized spacial score (nSPS) is 32.0. The van der Waals surface area contributed by atoms with Crippen LogP contribution in [0.25, 0.3) is 0 Å². The van der Waals surface area contributed by atoms with Gasteiger partial charge in [-0.15, -0.1) is 0 Å². The first-order valence-corrected chi connectivity index (χ1v) is 9.44. The first-order valence-electron chi connectivity index (χ1n) is 8.46. The molecule has 2 saturated heterocycles. The molecule has 2 aliphatic rings. The largest absolute Gasteiger partial charge is 0.379 e. The van der Waals surface area contributed by atoms with Gasteiger partial charge in [-0.25, -0.2) is 0 Å². The van der Waals surface area contributed by atoms with Crippen LogP contribution < -0.4 is 10.6 Å². The average Bonchev–Trinajstić information content (AvgIpc) is 2.94. The van der Waals surface area contributed by atoms with E-state index in [1.54, 1.807) is 0 Å². The van der Waals surface area contributed by atoms with E-state index < -0.39 is 0 Å². The predicted molar refractivity (Wildman–Crippen MR) is 95.9 cm³/mol. The Kier molecular flexibility index (Phi) is 6.84. The number of aliphatic imine (C=N–C) groups is 1. The van der Waals surface area contributed by atoms with E-state index in [1.807, 2.05) is 7.05 Å². The van der Waals surface area contributed by atoms with Crippen molar-refractivity contribution in [2.45, 2.75) is 50.4 Å². The molecule has 0 spiro atoms. The summed E-state index contributed by atoms with van der Waals surface area (Å²) in [5.74, 6) is 2.21. The molecule has 5 nitrogen and oxygen atoms in total. The van der Waals surface area contributed by atoms with E-state index in [9.17, 15) is 0 Å². The molecule has 3 atom stereocenters. The Balaban J connectivity index is 1.73. The van der Waals surface area contributed by atoms with Gasteiger partial charge in [0.25, 0.3) is 0 Å². The fourth-order valence-corrected chi connectivity index (χ4v) is 4.47. The van der Waals surface area contributed by atoms with E-state index in [2.05, 4.69) is 53.1 Å². The van der Waals surface area contributed by atoms with Crippen molar-refractivity contribution in [3.8, 4) is 0 Å². The lowest BCUT2D eigenvalue weighted by Gasteiger charge is -2.38. The Morgan fingerprint density at radius 3 is 2.95 bits per heavy atom. The predicted octanol–water partition coefficient (Wildman–Crippen LogP) is 1.55. The van der Waals surface area contributed by atoms with Gasteiger partial charge in [0.2, 0.25) is 0 Å². The molecule has 2 fully saturated rings. The van der Waals surface area contributed by atoms with E-state index in [4.69, 9.17) is 4.74 Å². The van der Waals surface area contributed by atoms with Crippen molar-refractivity contribution in [1.29, 1.82) is 0 Å². The van der Waals surface area contributed by atoms with Crippen LogP contribution in [0.15, 0.2) is 4.99 Å². The van der Waals surface area contributed by atoms with E-state index in [0.717, 1.165) is 38.8 Å². The van der Waals surface area contributed by atoms with Crippen LogP contribution in [0, 0.1) is 0 Å². The lowest BCUT2D eigenvalue weighted by atomic mass is 10.1. The number of thioether (sulfide) groups is 1. The summed E-state index contributed by atoms with van der Waals surface area (Å²) in [4.78, 5) is 6.87. The molecule has 0 radical (unpaired) electrons. The zero-order valence-corrected chi connectivity index (χ0v) is 15.3. The third-order valence-corrected chi connectivity index (χ3v) is 6.24. The maximum atomic E-state index is 5.52. The number of ether oxygens (including phenoxy) is 1. The zero-order valence-electron chi connectivity index (χ0n) is 14.5. The second-order valence-corrected chi connectivity index (χ2v) is 8.40. The molecule has 128 valence electrons. The van der Waals surface area contributed by atoms with Gasteiger partial charge in [-0.1, -0.05) is 0 Å². The lowest BCUT2D eigenvalue weighted by Crippen LogP contribution is -2.53. The van der Waals surface area contributed by atoms with Crippen molar-refractivity contribution >= 4 is 17.7 Å². The van der Waals surface area contributed by atoms with Gasteiger partial charge in [0.15, 0.2) is 5.96 Å². The summed E-state index contributed by atoms with van der Waals surface area (Å²) in [5, 5.41) is 6.97. The molecule has 2 heterocycles. The molecule has 2 N–H and O–H groups in total. The molecule has 2 rings (SSSR count). The molecule has 0 aromatic carbocycles. The number of rotatable bonds is 5. The first-order chi connectivity index (χ1) is 10.5. The standard InChI is InChI=1S/C16H32N4OS/c1-13(20-7-8-21-11-14(20)2)10-18-15(17-4)19-12-16(3)6-5-9-22-16/h13-14H,5-12H2,1-4H3,(H2,17,18,19). The molecule has 0 aromatic heterocycles. The van der Waals surface area contributed by atoms with Crippen molar-refractivity contribution in [3.63, 3.8) is 0 Å². The molecular weight excluding hydrogens is 296 g/mol. The maximum absolute atomic E-state index is 5.52. The van der Waals surface area contributed by atoms with Crippen molar-refractivity contribution in [2.75, 3.05) is 45.6 Å². The Hall–Kier alpha value is -0.460. The molecule has 0 aliphatic carbocycles. The highest BCUT2D eigenvalue weighted by Crippen LogP contribution is 2.36. The van der Waals surface area contributed by atoms with Gasteiger partial charge in [0, 0.05) is 43.5 Å². The Morgan fingerprint density at radius 1 is 1.50 bits per heavy atom. The van der Waals surface area contributed by atoms with Crippen molar-refractivity contribution in [3.05, 3.63) is 0 Å². The van der Waals surface area contributed by atoms with E-state index in [1.165, 1.54) is 18.6 Å². The highest BCUT2D eigenvalue weighted by Gasteiger charge is 2.29. The minimum absolute atomic E-state index is 0.363. The number of hydrogen-bond donors (Lipinski definition) is 2. The number of morpholine rings is 1. The van der Waals surface area contributed by atoms with Crippen molar-refractivity contribution < 1.29 is 4.74 Å². The molecule has 0 amide bonds. The Labute approximate surface area is 139 Å². The third-order valence-electron chi connectivity index (χ3n) is 4.70. The number of hydrogen-bond acceptors (Lipinski definition) is 4. The van der Waals surface area contributed by atoms with Gasteiger partial charge < -0.3 is 15.4 Å². The topological polar surface area (TPSA) is 48.9 Å². The zero-order chi connectivity index (χ0) is 16.0. The summed E-state index contributed by atoms with van der Waals surface area (Å²) in [6.07, 6.45) is 2.63. The fraction of sp³-hybridized carbons (Fsp3) is 0.938. The van der Waals surface area contributed by atoms with Crippen LogP contribution in [0.5, 0.6) is 0 Å². The summed E-state index contributed by atoms with van der Waals surface area (Å²) in [5.41, 5.74) is 0. The number of nitrogens with zero attached hydrogens (tertiary/aromatic N) is 2. The van der Waals surface area contributed by atoms with Gasteiger partial charge in [-0.2, -0.15) is 11.8 Å². The van der Waals surface area contributed by atoms with Crippen LogP contribution in [-0.2, 0) is 4.74 Å². The van der Waals surface area contributed by atoms with Crippen LogP contribution in [0.3, 0.4) is 0 Å². The Morgan fingerprint density at radius 2 is 2.32 bits per heavy atom. The Bertz CT molecular complexity index is 371. The minimum atomic E-state index is 0.363. The van der Waals surface area contributed by atoms with Crippen LogP contribution in [0.1, 0.15) is 33.6 Å². The lowest BCUT2D eigenvalue weighted by molar-refractivity contribution is -0.0174. The van der Waals surface area contributed by atoms with E-state index >= 15 is 0 Å². The molecule has 6 heteroatoms. The monoisotopic (exact) mass is 328 g/mol. The summed E-state index contributed by atoms with van der Waals surface area (Å²) >= 11 is 2.08. The molecule has 22 heavy (non-hydrogen) atoms. The first kappa shape index (κ1) is 17.9. The van der Waals surface area contributed by atoms with Crippen LogP contribution >= 0.6 is 11.8 Å². The molecule has 0 saturated carbocycles. The van der Waals surface area contributed by atoms with Gasteiger partial charge in [0.1, 0.15) is 0 Å². The highest BCUT2D eigenvalue weighted by atomic mass is 32.2. The SMILES string of the molecule is CN=C(NCC(C)N1CCOCC1C)NCC1(C)CCCS1. The van der Waals surface area contributed by atoms with Gasteiger partial charge in [-0.05, 0) is 39.4 Å². The van der Waals surface area contributed by atoms with Crippen LogP contribution in [0.4, 0.5) is 0 Å². The molecular formula is C16H32N4OS. The van der Waals surface area contributed by atoms with E-state index in [0.29, 0.717) is 16.8 Å². The summed E-state index contributed by atoms with van der Waals surface area (Å²) in [7, 11) is 1.85. The van der Waals surface area contributed by atoms with E-state index in [-0.39, 0.29) is 0 Å². The fourth-order valence-electron chi connectivity index (χ4n) is 3.22. The van der Waals surface area contributed by atoms with Gasteiger partial charge in [-0.3, -0.25) is 9.89 Å². The molecule has 3 unspecified atom stereocenters. The molecule has 0 bridgehead atoms. The highest BCUT2D eigenvalue weighted by molar-refractivity contribution is 8.00. The third kappa shape index (κ3) is 5.03. The van der Waals surface area contributed by atoms with Crippen molar-refractivity contribution in [2.24, 2.45) is 4.99 Å². The molecule has 0 aromatic rings. The minimum Gasteiger partial charge on any atom is -0.379 e. The quantitative estimate of drug-likeness (QED) is 0.592. The maximum Gasteiger partial charge on any atom is 0.191 e. The molecule has 2 aliphatic heterocycles. The second-order valence-electron chi connectivity index (χ2n) is 6.72. The van der Waals surface area contributed by atoms with Gasteiger partial charge in [0.05, 0.1) is 13.2 Å².